The first-order chi connectivity index (χ1) is 15.0. The van der Waals surface area contributed by atoms with Gasteiger partial charge in [0.05, 0.1) is 13.0 Å². The lowest BCUT2D eigenvalue weighted by Gasteiger charge is -2.33. The summed E-state index contributed by atoms with van der Waals surface area (Å²) in [6.07, 6.45) is 3.57. The molecule has 166 valence electrons. The highest BCUT2D eigenvalue weighted by Gasteiger charge is 2.26. The van der Waals surface area contributed by atoms with Crippen molar-refractivity contribution >= 4 is 17.7 Å². The number of ether oxygens (including phenoxy) is 1. The van der Waals surface area contributed by atoms with E-state index >= 15 is 0 Å². The number of aliphatic imine (C=N–C) groups is 1. The van der Waals surface area contributed by atoms with Crippen molar-refractivity contribution in [3.63, 3.8) is 0 Å². The van der Waals surface area contributed by atoms with Crippen LogP contribution in [0, 0.1) is 5.92 Å². The highest BCUT2D eigenvalue weighted by molar-refractivity contribution is 5.80. The Morgan fingerprint density at radius 3 is 2.81 bits per heavy atom. The van der Waals surface area contributed by atoms with Crippen LogP contribution in [-0.2, 0) is 17.9 Å². The maximum absolute atomic E-state index is 11.7. The summed E-state index contributed by atoms with van der Waals surface area (Å²) in [4.78, 5) is 24.9. The van der Waals surface area contributed by atoms with Gasteiger partial charge in [-0.05, 0) is 36.6 Å². The summed E-state index contributed by atoms with van der Waals surface area (Å²) in [5.41, 5.74) is 7.78. The predicted molar refractivity (Wildman–Crippen MR) is 123 cm³/mol. The van der Waals surface area contributed by atoms with Crippen LogP contribution in [0.5, 0.6) is 5.75 Å². The molecule has 1 fully saturated rings. The van der Waals surface area contributed by atoms with Gasteiger partial charge in [-0.15, -0.1) is 0 Å². The number of hydrogen-bond acceptors (Lipinski definition) is 5. The quantitative estimate of drug-likeness (QED) is 0.521. The number of carbonyl (C=O) groups excluding carboxylic acids is 1. The van der Waals surface area contributed by atoms with Crippen LogP contribution >= 0.6 is 0 Å². The van der Waals surface area contributed by atoms with Crippen molar-refractivity contribution in [1.29, 1.82) is 0 Å². The molecule has 1 atom stereocenters. The van der Waals surface area contributed by atoms with Gasteiger partial charge in [-0.25, -0.2) is 4.98 Å². The summed E-state index contributed by atoms with van der Waals surface area (Å²) in [6, 6.07) is 12.0. The molecule has 1 aliphatic heterocycles. The minimum atomic E-state index is -0.235. The third kappa shape index (κ3) is 5.87. The van der Waals surface area contributed by atoms with Crippen LogP contribution in [0.3, 0.4) is 0 Å². The molecule has 1 aromatic carbocycles. The number of piperidine rings is 1. The van der Waals surface area contributed by atoms with Crippen molar-refractivity contribution in [3.05, 3.63) is 53.7 Å². The molecular formula is C23H32N6O2. The Morgan fingerprint density at radius 1 is 1.35 bits per heavy atom. The number of hydrogen-bond donors (Lipinski definition) is 2. The van der Waals surface area contributed by atoms with Gasteiger partial charge in [0, 0.05) is 52.0 Å². The second kappa shape index (κ2) is 10.7. The number of nitrogens with zero attached hydrogens (tertiary/aromatic N) is 4. The average Bonchev–Trinajstić information content (AvgIpc) is 2.80. The maximum Gasteiger partial charge on any atom is 0.222 e. The van der Waals surface area contributed by atoms with Crippen molar-refractivity contribution in [2.45, 2.75) is 25.9 Å². The molecule has 0 radical (unpaired) electrons. The Bertz CT molecular complexity index is 899. The van der Waals surface area contributed by atoms with E-state index in [0.29, 0.717) is 13.1 Å². The Labute approximate surface area is 184 Å². The molecule has 8 heteroatoms. The van der Waals surface area contributed by atoms with Crippen LogP contribution in [0.25, 0.3) is 0 Å². The number of carbonyl (C=O) groups is 1. The van der Waals surface area contributed by atoms with E-state index < -0.39 is 0 Å². The number of aromatic nitrogens is 1. The number of nitrogens with one attached hydrogen (secondary N) is 1. The standard InChI is InChI=1S/C23H32N6O2/c1-25-23(28(2)15-17-8-10-20(31-3)11-9-17)27-14-18-6-4-12-26-22(18)29-13-5-7-19(16-29)21(24)30/h4,6,8-12,19H,5,7,13-16H2,1-3H3,(H2,24,30)(H,25,27). The SMILES string of the molecule is CN=C(NCc1cccnc1N1CCCC(C(N)=O)C1)N(C)Cc1ccc(OC)cc1. The number of benzene rings is 1. The lowest BCUT2D eigenvalue weighted by Crippen LogP contribution is -2.42. The fraction of sp³-hybridized carbons (Fsp3) is 0.435. The number of amides is 1. The minimum absolute atomic E-state index is 0.125. The molecule has 1 unspecified atom stereocenters. The molecule has 1 aromatic heterocycles. The molecular weight excluding hydrogens is 392 g/mol. The van der Waals surface area contributed by atoms with E-state index in [4.69, 9.17) is 10.5 Å². The molecule has 0 bridgehead atoms. The Kier molecular flexibility index (Phi) is 7.70. The third-order valence-corrected chi connectivity index (χ3v) is 5.58. The van der Waals surface area contributed by atoms with E-state index in [1.54, 1.807) is 20.4 Å². The summed E-state index contributed by atoms with van der Waals surface area (Å²) >= 11 is 0. The van der Waals surface area contributed by atoms with Gasteiger partial charge in [0.1, 0.15) is 11.6 Å². The van der Waals surface area contributed by atoms with Crippen LogP contribution in [0.2, 0.25) is 0 Å². The summed E-state index contributed by atoms with van der Waals surface area (Å²) in [7, 11) is 5.45. The molecule has 0 spiro atoms. The topological polar surface area (TPSA) is 96.1 Å². The maximum atomic E-state index is 11.7. The van der Waals surface area contributed by atoms with Crippen molar-refractivity contribution in [2.75, 3.05) is 39.2 Å². The number of methoxy groups -OCH3 is 1. The summed E-state index contributed by atoms with van der Waals surface area (Å²) in [5.74, 6) is 2.17. The van der Waals surface area contributed by atoms with Crippen LogP contribution < -0.4 is 20.7 Å². The van der Waals surface area contributed by atoms with Gasteiger partial charge in [-0.2, -0.15) is 0 Å². The van der Waals surface area contributed by atoms with E-state index in [2.05, 4.69) is 31.2 Å². The Morgan fingerprint density at radius 2 is 2.13 bits per heavy atom. The van der Waals surface area contributed by atoms with Crippen LogP contribution in [-0.4, -0.2) is 56.0 Å². The number of guanidine groups is 1. The van der Waals surface area contributed by atoms with Crippen molar-refractivity contribution < 1.29 is 9.53 Å². The fourth-order valence-electron chi connectivity index (χ4n) is 3.89. The Hall–Kier alpha value is -3.29. The van der Waals surface area contributed by atoms with Crippen LogP contribution in [0.4, 0.5) is 5.82 Å². The zero-order valence-corrected chi connectivity index (χ0v) is 18.5. The molecule has 2 heterocycles. The monoisotopic (exact) mass is 424 g/mol. The van der Waals surface area contributed by atoms with E-state index in [0.717, 1.165) is 49.0 Å². The van der Waals surface area contributed by atoms with Crippen molar-refractivity contribution in [1.82, 2.24) is 15.2 Å². The van der Waals surface area contributed by atoms with Crippen LogP contribution in [0.15, 0.2) is 47.6 Å². The molecule has 1 amide bonds. The summed E-state index contributed by atoms with van der Waals surface area (Å²) in [6.45, 7) is 2.79. The molecule has 1 aliphatic rings. The number of nitrogens with two attached hydrogens (primary N) is 1. The highest BCUT2D eigenvalue weighted by atomic mass is 16.5. The number of pyridine rings is 1. The van der Waals surface area contributed by atoms with E-state index in [1.807, 2.05) is 37.4 Å². The van der Waals surface area contributed by atoms with E-state index in [9.17, 15) is 4.79 Å². The van der Waals surface area contributed by atoms with Gasteiger partial charge < -0.3 is 25.6 Å². The first-order valence-corrected chi connectivity index (χ1v) is 10.5. The Balaban J connectivity index is 1.64. The van der Waals surface area contributed by atoms with Gasteiger partial charge >= 0.3 is 0 Å². The van der Waals surface area contributed by atoms with Crippen molar-refractivity contribution in [2.24, 2.45) is 16.6 Å². The van der Waals surface area contributed by atoms with E-state index in [1.165, 1.54) is 5.56 Å². The molecule has 3 rings (SSSR count). The predicted octanol–water partition coefficient (Wildman–Crippen LogP) is 2.00. The minimum Gasteiger partial charge on any atom is -0.497 e. The zero-order chi connectivity index (χ0) is 22.2. The van der Waals surface area contributed by atoms with Gasteiger partial charge in [0.25, 0.3) is 0 Å². The van der Waals surface area contributed by atoms with Gasteiger partial charge in [0.2, 0.25) is 5.91 Å². The largest absolute Gasteiger partial charge is 0.497 e. The first-order valence-electron chi connectivity index (χ1n) is 10.5. The summed E-state index contributed by atoms with van der Waals surface area (Å²) < 4.78 is 5.23. The van der Waals surface area contributed by atoms with Crippen molar-refractivity contribution in [3.8, 4) is 5.75 Å². The zero-order valence-electron chi connectivity index (χ0n) is 18.5. The number of anilines is 1. The normalized spacial score (nSPS) is 16.7. The number of primary amides is 1. The highest BCUT2D eigenvalue weighted by Crippen LogP contribution is 2.24. The second-order valence-corrected chi connectivity index (χ2v) is 7.78. The smallest absolute Gasteiger partial charge is 0.222 e. The molecule has 0 aliphatic carbocycles. The molecule has 0 saturated carbocycles. The molecule has 31 heavy (non-hydrogen) atoms. The molecule has 2 aromatic rings. The summed E-state index contributed by atoms with van der Waals surface area (Å²) in [5, 5.41) is 3.43. The van der Waals surface area contributed by atoms with E-state index in [-0.39, 0.29) is 11.8 Å². The molecule has 8 nitrogen and oxygen atoms in total. The third-order valence-electron chi connectivity index (χ3n) is 5.58. The van der Waals surface area contributed by atoms with Crippen LogP contribution in [0.1, 0.15) is 24.0 Å². The second-order valence-electron chi connectivity index (χ2n) is 7.78. The molecule has 1 saturated heterocycles. The van der Waals surface area contributed by atoms with Gasteiger partial charge in [-0.1, -0.05) is 18.2 Å². The van der Waals surface area contributed by atoms with Gasteiger partial charge in [0.15, 0.2) is 5.96 Å². The fourth-order valence-corrected chi connectivity index (χ4v) is 3.89. The number of rotatable bonds is 7. The van der Waals surface area contributed by atoms with Gasteiger partial charge in [-0.3, -0.25) is 9.79 Å². The first kappa shape index (κ1) is 22.4. The molecule has 3 N–H and O–H groups in total. The lowest BCUT2D eigenvalue weighted by molar-refractivity contribution is -0.122. The lowest BCUT2D eigenvalue weighted by atomic mass is 9.97. The average molecular weight is 425 g/mol.